The van der Waals surface area contributed by atoms with Crippen LogP contribution in [0.15, 0.2) is 0 Å². The van der Waals surface area contributed by atoms with Crippen molar-refractivity contribution in [3.63, 3.8) is 0 Å². The van der Waals surface area contributed by atoms with Crippen molar-refractivity contribution in [3.05, 3.63) is 0 Å². The minimum absolute atomic E-state index is 0.0139. The summed E-state index contributed by atoms with van der Waals surface area (Å²) in [6, 6.07) is -0.474. The molecule has 6 nitrogen and oxygen atoms in total. The molecule has 0 spiro atoms. The molecule has 3 amide bonds. The van der Waals surface area contributed by atoms with Crippen molar-refractivity contribution in [2.75, 3.05) is 19.6 Å². The van der Waals surface area contributed by atoms with Crippen molar-refractivity contribution < 1.29 is 14.4 Å². The number of nitrogens with zero attached hydrogens (tertiary/aromatic N) is 2. The first-order chi connectivity index (χ1) is 13.3. The highest BCUT2D eigenvalue weighted by atomic mass is 16.2. The van der Waals surface area contributed by atoms with Gasteiger partial charge in [0, 0.05) is 37.5 Å². The van der Waals surface area contributed by atoms with Crippen LogP contribution < -0.4 is 5.32 Å². The number of carbonyl (C=O) groups excluding carboxylic acids is 3. The number of hydrogen-bond donors (Lipinski definition) is 1. The molecule has 6 heteroatoms. The average molecular weight is 394 g/mol. The van der Waals surface area contributed by atoms with Crippen LogP contribution in [0.4, 0.5) is 0 Å². The second kappa shape index (κ2) is 10.3. The SMILES string of the molecule is CCC(C)C(NC(=O)C(C)C)C(=O)N1CCN(C(=O)C2CCCCC2)C(C)C1. The summed E-state index contributed by atoms with van der Waals surface area (Å²) in [4.78, 5) is 42.1. The van der Waals surface area contributed by atoms with Gasteiger partial charge in [0.25, 0.3) is 0 Å². The predicted molar refractivity (Wildman–Crippen MR) is 111 cm³/mol. The lowest BCUT2D eigenvalue weighted by Crippen LogP contribution is -2.61. The zero-order valence-electron chi connectivity index (χ0n) is 18.4. The highest BCUT2D eigenvalue weighted by Gasteiger charge is 2.37. The van der Waals surface area contributed by atoms with Crippen LogP contribution in [-0.2, 0) is 14.4 Å². The van der Waals surface area contributed by atoms with Crippen LogP contribution in [0, 0.1) is 17.8 Å². The van der Waals surface area contributed by atoms with Crippen molar-refractivity contribution in [1.29, 1.82) is 0 Å². The summed E-state index contributed by atoms with van der Waals surface area (Å²) in [6.45, 7) is 11.4. The quantitative estimate of drug-likeness (QED) is 0.754. The third kappa shape index (κ3) is 5.48. The molecule has 0 aromatic heterocycles. The first-order valence-electron chi connectivity index (χ1n) is 11.2. The summed E-state index contributed by atoms with van der Waals surface area (Å²) in [5.41, 5.74) is 0. The lowest BCUT2D eigenvalue weighted by atomic mass is 9.87. The largest absolute Gasteiger partial charge is 0.344 e. The summed E-state index contributed by atoms with van der Waals surface area (Å²) in [5, 5.41) is 2.95. The maximum absolute atomic E-state index is 13.2. The standard InChI is InChI=1S/C22H39N3O3/c1-6-16(4)19(23-20(26)15(2)3)22(28)24-12-13-25(17(5)14-24)21(27)18-10-8-7-9-11-18/h15-19H,6-14H2,1-5H3,(H,23,26). The van der Waals surface area contributed by atoms with Crippen molar-refractivity contribution in [2.24, 2.45) is 17.8 Å². The highest BCUT2D eigenvalue weighted by Crippen LogP contribution is 2.27. The molecule has 1 aliphatic carbocycles. The van der Waals surface area contributed by atoms with E-state index in [2.05, 4.69) is 5.32 Å². The number of piperazine rings is 1. The maximum atomic E-state index is 13.2. The Kier molecular flexibility index (Phi) is 8.32. The molecule has 0 bridgehead atoms. The Morgan fingerprint density at radius 2 is 1.68 bits per heavy atom. The predicted octanol–water partition coefficient (Wildman–Crippen LogP) is 2.81. The summed E-state index contributed by atoms with van der Waals surface area (Å²) < 4.78 is 0. The summed E-state index contributed by atoms with van der Waals surface area (Å²) in [5.74, 6) is 0.260. The van der Waals surface area contributed by atoms with Gasteiger partial charge in [0.05, 0.1) is 0 Å². The van der Waals surface area contributed by atoms with Gasteiger partial charge in [-0.05, 0) is 25.7 Å². The molecule has 2 aliphatic rings. The van der Waals surface area contributed by atoms with Crippen LogP contribution in [-0.4, -0.2) is 59.2 Å². The monoisotopic (exact) mass is 393 g/mol. The summed E-state index contributed by atoms with van der Waals surface area (Å²) >= 11 is 0. The van der Waals surface area contributed by atoms with E-state index >= 15 is 0 Å². The van der Waals surface area contributed by atoms with Gasteiger partial charge in [0.15, 0.2) is 0 Å². The van der Waals surface area contributed by atoms with E-state index in [1.165, 1.54) is 6.42 Å². The van der Waals surface area contributed by atoms with Gasteiger partial charge in [-0.25, -0.2) is 0 Å². The molecule has 1 N–H and O–H groups in total. The van der Waals surface area contributed by atoms with Crippen LogP contribution in [0.5, 0.6) is 0 Å². The fraction of sp³-hybridized carbons (Fsp3) is 0.864. The minimum atomic E-state index is -0.493. The van der Waals surface area contributed by atoms with E-state index < -0.39 is 6.04 Å². The zero-order chi connectivity index (χ0) is 20.8. The van der Waals surface area contributed by atoms with Gasteiger partial charge in [-0.3, -0.25) is 14.4 Å². The molecule has 0 aromatic carbocycles. The van der Waals surface area contributed by atoms with Crippen molar-refractivity contribution in [2.45, 2.75) is 85.2 Å². The molecule has 2 fully saturated rings. The number of rotatable bonds is 6. The molecule has 3 unspecified atom stereocenters. The molecule has 3 atom stereocenters. The lowest BCUT2D eigenvalue weighted by molar-refractivity contribution is -0.148. The fourth-order valence-corrected chi connectivity index (χ4v) is 4.27. The molecular weight excluding hydrogens is 354 g/mol. The van der Waals surface area contributed by atoms with Gasteiger partial charge in [0.1, 0.15) is 6.04 Å². The fourth-order valence-electron chi connectivity index (χ4n) is 4.27. The van der Waals surface area contributed by atoms with E-state index in [1.54, 1.807) is 0 Å². The van der Waals surface area contributed by atoms with Crippen LogP contribution >= 0.6 is 0 Å². The number of carbonyl (C=O) groups is 3. The summed E-state index contributed by atoms with van der Waals surface area (Å²) in [7, 11) is 0. The molecule has 2 rings (SSSR count). The topological polar surface area (TPSA) is 69.7 Å². The van der Waals surface area contributed by atoms with Crippen molar-refractivity contribution >= 4 is 17.7 Å². The Bertz CT molecular complexity index is 557. The van der Waals surface area contributed by atoms with E-state index in [0.29, 0.717) is 19.6 Å². The molecule has 1 aliphatic heterocycles. The van der Waals surface area contributed by atoms with Crippen LogP contribution in [0.2, 0.25) is 0 Å². The van der Waals surface area contributed by atoms with E-state index in [1.807, 2.05) is 44.4 Å². The molecule has 0 aromatic rings. The van der Waals surface area contributed by atoms with E-state index in [9.17, 15) is 14.4 Å². The first-order valence-corrected chi connectivity index (χ1v) is 11.2. The van der Waals surface area contributed by atoms with Gasteiger partial charge in [-0.2, -0.15) is 0 Å². The lowest BCUT2D eigenvalue weighted by Gasteiger charge is -2.43. The Hall–Kier alpha value is -1.59. The number of nitrogens with one attached hydrogen (secondary N) is 1. The maximum Gasteiger partial charge on any atom is 0.245 e. The Labute approximate surface area is 170 Å². The molecule has 160 valence electrons. The Balaban J connectivity index is 2.00. The second-order valence-corrected chi connectivity index (χ2v) is 9.03. The van der Waals surface area contributed by atoms with E-state index in [-0.39, 0.29) is 41.5 Å². The Morgan fingerprint density at radius 3 is 2.21 bits per heavy atom. The van der Waals surface area contributed by atoms with E-state index in [4.69, 9.17) is 0 Å². The molecule has 1 heterocycles. The van der Waals surface area contributed by atoms with Crippen molar-refractivity contribution in [1.82, 2.24) is 15.1 Å². The van der Waals surface area contributed by atoms with Gasteiger partial charge in [-0.1, -0.05) is 53.4 Å². The van der Waals surface area contributed by atoms with Gasteiger partial charge in [-0.15, -0.1) is 0 Å². The molecular formula is C22H39N3O3. The van der Waals surface area contributed by atoms with Gasteiger partial charge in [0.2, 0.25) is 17.7 Å². The smallest absolute Gasteiger partial charge is 0.245 e. The van der Waals surface area contributed by atoms with Crippen LogP contribution in [0.25, 0.3) is 0 Å². The average Bonchev–Trinajstić information content (AvgIpc) is 2.70. The molecule has 28 heavy (non-hydrogen) atoms. The molecule has 1 saturated carbocycles. The van der Waals surface area contributed by atoms with E-state index in [0.717, 1.165) is 32.1 Å². The van der Waals surface area contributed by atoms with Gasteiger partial charge >= 0.3 is 0 Å². The summed E-state index contributed by atoms with van der Waals surface area (Å²) in [6.07, 6.45) is 6.36. The third-order valence-corrected chi connectivity index (χ3v) is 6.48. The second-order valence-electron chi connectivity index (χ2n) is 9.03. The molecule has 1 saturated heterocycles. The third-order valence-electron chi connectivity index (χ3n) is 6.48. The van der Waals surface area contributed by atoms with Crippen molar-refractivity contribution in [3.8, 4) is 0 Å². The van der Waals surface area contributed by atoms with Crippen LogP contribution in [0.1, 0.15) is 73.1 Å². The number of amides is 3. The zero-order valence-corrected chi connectivity index (χ0v) is 18.4. The normalized spacial score (nSPS) is 23.4. The first kappa shape index (κ1) is 22.7. The van der Waals surface area contributed by atoms with Gasteiger partial charge < -0.3 is 15.1 Å². The molecule has 0 radical (unpaired) electrons. The highest BCUT2D eigenvalue weighted by molar-refractivity contribution is 5.89. The minimum Gasteiger partial charge on any atom is -0.344 e. The number of hydrogen-bond acceptors (Lipinski definition) is 3. The van der Waals surface area contributed by atoms with Crippen LogP contribution in [0.3, 0.4) is 0 Å². The Morgan fingerprint density at radius 1 is 1.04 bits per heavy atom.